The number of hydrogen-bond donors (Lipinski definition) is 1. The van der Waals surface area contributed by atoms with Gasteiger partial charge >= 0.3 is 5.97 Å². The van der Waals surface area contributed by atoms with Gasteiger partial charge in [0, 0.05) is 12.0 Å². The van der Waals surface area contributed by atoms with Crippen molar-refractivity contribution < 1.29 is 24.2 Å². The van der Waals surface area contributed by atoms with E-state index in [1.165, 1.54) is 13.8 Å². The van der Waals surface area contributed by atoms with Crippen LogP contribution in [0.2, 0.25) is 0 Å². The largest absolute Gasteiger partial charge is 0.464 e. The van der Waals surface area contributed by atoms with Gasteiger partial charge in [0.1, 0.15) is 5.78 Å². The smallest absolute Gasteiger partial charge is 0.339 e. The Balaban J connectivity index is 3.10. The van der Waals surface area contributed by atoms with Crippen LogP contribution < -0.4 is 0 Å². The van der Waals surface area contributed by atoms with Crippen molar-refractivity contribution >= 4 is 17.5 Å². The lowest BCUT2D eigenvalue weighted by atomic mass is 9.80. The summed E-state index contributed by atoms with van der Waals surface area (Å²) in [7, 11) is 0. The highest BCUT2D eigenvalue weighted by atomic mass is 16.5. The van der Waals surface area contributed by atoms with Crippen molar-refractivity contribution in [3.8, 4) is 0 Å². The summed E-state index contributed by atoms with van der Waals surface area (Å²) < 4.78 is 4.82. The molecule has 2 atom stereocenters. The zero-order chi connectivity index (χ0) is 16.0. The Morgan fingerprint density at radius 3 is 2.29 bits per heavy atom. The summed E-state index contributed by atoms with van der Waals surface area (Å²) in [6, 6.07) is 8.33. The normalized spacial score (nSPS) is 14.9. The predicted octanol–water partition coefficient (Wildman–Crippen LogP) is 1.78. The van der Waals surface area contributed by atoms with Gasteiger partial charge in [-0.1, -0.05) is 37.3 Å². The lowest BCUT2D eigenvalue weighted by Gasteiger charge is -2.30. The second-order valence-corrected chi connectivity index (χ2v) is 4.98. The molecular weight excluding hydrogens is 272 g/mol. The quantitative estimate of drug-likeness (QED) is 0.612. The van der Waals surface area contributed by atoms with E-state index in [0.29, 0.717) is 5.56 Å². The Bertz CT molecular complexity index is 523. The minimum Gasteiger partial charge on any atom is -0.464 e. The molecule has 1 aromatic rings. The zero-order valence-electron chi connectivity index (χ0n) is 12.5. The number of aliphatic hydroxyl groups is 1. The van der Waals surface area contributed by atoms with Crippen LogP contribution in [-0.2, 0) is 14.3 Å². The topological polar surface area (TPSA) is 80.7 Å². The van der Waals surface area contributed by atoms with Gasteiger partial charge in [-0.15, -0.1) is 0 Å². The molecule has 0 amide bonds. The Morgan fingerprint density at radius 2 is 1.81 bits per heavy atom. The van der Waals surface area contributed by atoms with E-state index in [2.05, 4.69) is 0 Å². The van der Waals surface area contributed by atoms with E-state index in [1.54, 1.807) is 37.3 Å². The average Bonchev–Trinajstić information content (AvgIpc) is 2.46. The van der Waals surface area contributed by atoms with Gasteiger partial charge in [-0.25, -0.2) is 4.79 Å². The number of esters is 1. The maximum atomic E-state index is 12.4. The van der Waals surface area contributed by atoms with Crippen LogP contribution in [0.15, 0.2) is 30.3 Å². The molecule has 0 unspecified atom stereocenters. The van der Waals surface area contributed by atoms with E-state index >= 15 is 0 Å². The Morgan fingerprint density at radius 1 is 1.24 bits per heavy atom. The summed E-state index contributed by atoms with van der Waals surface area (Å²) in [5, 5.41) is 10.6. The molecule has 0 radical (unpaired) electrons. The molecule has 1 rings (SSSR count). The summed E-state index contributed by atoms with van der Waals surface area (Å²) >= 11 is 0. The van der Waals surface area contributed by atoms with Crippen LogP contribution in [0, 0.1) is 5.92 Å². The summed E-state index contributed by atoms with van der Waals surface area (Å²) in [6.07, 6.45) is -0.453. The molecule has 1 aromatic carbocycles. The Kier molecular flexibility index (Phi) is 5.79. The molecule has 0 aliphatic carbocycles. The van der Waals surface area contributed by atoms with E-state index in [9.17, 15) is 19.5 Å². The van der Waals surface area contributed by atoms with Gasteiger partial charge in [-0.2, -0.15) is 0 Å². The molecule has 1 N–H and O–H groups in total. The van der Waals surface area contributed by atoms with Gasteiger partial charge < -0.3 is 9.84 Å². The molecule has 0 saturated carbocycles. The maximum absolute atomic E-state index is 12.4. The zero-order valence-corrected chi connectivity index (χ0v) is 12.5. The highest BCUT2D eigenvalue weighted by Crippen LogP contribution is 2.27. The van der Waals surface area contributed by atoms with Crippen LogP contribution in [0.3, 0.4) is 0 Å². The first kappa shape index (κ1) is 17.0. The van der Waals surface area contributed by atoms with E-state index in [4.69, 9.17) is 4.74 Å². The van der Waals surface area contributed by atoms with Crippen molar-refractivity contribution in [2.24, 2.45) is 5.92 Å². The fourth-order valence-corrected chi connectivity index (χ4v) is 2.11. The van der Waals surface area contributed by atoms with Crippen LogP contribution in [0.4, 0.5) is 0 Å². The van der Waals surface area contributed by atoms with Crippen LogP contribution in [-0.4, -0.2) is 34.9 Å². The molecule has 0 aliphatic rings. The molecule has 21 heavy (non-hydrogen) atoms. The molecule has 0 spiro atoms. The molecule has 0 aliphatic heterocycles. The summed E-state index contributed by atoms with van der Waals surface area (Å²) in [6.45, 7) is 4.33. The van der Waals surface area contributed by atoms with Crippen LogP contribution in [0.25, 0.3) is 0 Å². The van der Waals surface area contributed by atoms with Crippen molar-refractivity contribution in [3.63, 3.8) is 0 Å². The molecule has 114 valence electrons. The first-order valence-corrected chi connectivity index (χ1v) is 6.81. The van der Waals surface area contributed by atoms with Gasteiger partial charge in [0.15, 0.2) is 11.4 Å². The van der Waals surface area contributed by atoms with Crippen molar-refractivity contribution in [2.75, 3.05) is 6.61 Å². The number of carbonyl (C=O) groups is 3. The van der Waals surface area contributed by atoms with Gasteiger partial charge in [0.05, 0.1) is 12.5 Å². The van der Waals surface area contributed by atoms with E-state index in [-0.39, 0.29) is 6.61 Å². The summed E-state index contributed by atoms with van der Waals surface area (Å²) in [5.74, 6) is -2.83. The number of ketones is 2. The van der Waals surface area contributed by atoms with Gasteiger partial charge in [-0.05, 0) is 13.8 Å². The second-order valence-electron chi connectivity index (χ2n) is 4.98. The van der Waals surface area contributed by atoms with Crippen molar-refractivity contribution in [2.45, 2.75) is 32.8 Å². The molecular formula is C16H20O5. The van der Waals surface area contributed by atoms with Crippen molar-refractivity contribution in [1.29, 1.82) is 0 Å². The fourth-order valence-electron chi connectivity index (χ4n) is 2.11. The fraction of sp³-hybridized carbons (Fsp3) is 0.438. The Labute approximate surface area is 123 Å². The highest BCUT2D eigenvalue weighted by molar-refractivity contribution is 6.02. The minimum atomic E-state index is -2.14. The lowest BCUT2D eigenvalue weighted by molar-refractivity contribution is -0.171. The van der Waals surface area contributed by atoms with Crippen LogP contribution in [0.5, 0.6) is 0 Å². The number of hydrogen-bond acceptors (Lipinski definition) is 5. The molecule has 0 saturated heterocycles. The SMILES string of the molecule is CCOC(=O)[C@@](O)(CC(C)=O)[C@H](C)C(=O)c1ccccc1. The van der Waals surface area contributed by atoms with Gasteiger partial charge in [-0.3, -0.25) is 9.59 Å². The third-order valence-corrected chi connectivity index (χ3v) is 3.32. The van der Waals surface area contributed by atoms with E-state index < -0.39 is 35.5 Å². The first-order valence-electron chi connectivity index (χ1n) is 6.81. The summed E-state index contributed by atoms with van der Waals surface area (Å²) in [5.41, 5.74) is -1.77. The van der Waals surface area contributed by atoms with Crippen molar-refractivity contribution in [3.05, 3.63) is 35.9 Å². The first-order chi connectivity index (χ1) is 9.82. The maximum Gasteiger partial charge on any atom is 0.339 e. The molecule has 5 nitrogen and oxygen atoms in total. The predicted molar refractivity (Wildman–Crippen MR) is 76.8 cm³/mol. The van der Waals surface area contributed by atoms with E-state index in [1.807, 2.05) is 0 Å². The van der Waals surface area contributed by atoms with E-state index in [0.717, 1.165) is 0 Å². The number of Topliss-reactive ketones (excluding diaryl/α,β-unsaturated/α-hetero) is 2. The standard InChI is InChI=1S/C16H20O5/c1-4-21-15(19)16(20,10-11(2)17)12(3)14(18)13-8-6-5-7-9-13/h5-9,12,20H,4,10H2,1-3H3/t12-,16-/m1/s1. The number of carbonyl (C=O) groups excluding carboxylic acids is 3. The summed E-state index contributed by atoms with van der Waals surface area (Å²) in [4.78, 5) is 35.8. The van der Waals surface area contributed by atoms with Crippen LogP contribution >= 0.6 is 0 Å². The van der Waals surface area contributed by atoms with Gasteiger partial charge in [0.25, 0.3) is 0 Å². The third kappa shape index (κ3) is 3.98. The monoisotopic (exact) mass is 292 g/mol. The molecule has 5 heteroatoms. The second kappa shape index (κ2) is 7.13. The third-order valence-electron chi connectivity index (χ3n) is 3.32. The van der Waals surface area contributed by atoms with Gasteiger partial charge in [0.2, 0.25) is 0 Å². The molecule has 0 heterocycles. The van der Waals surface area contributed by atoms with Crippen LogP contribution in [0.1, 0.15) is 37.6 Å². The number of rotatable bonds is 7. The molecule has 0 fully saturated rings. The Hall–Kier alpha value is -2.01. The highest BCUT2D eigenvalue weighted by Gasteiger charge is 2.47. The number of benzene rings is 1. The average molecular weight is 292 g/mol. The number of ether oxygens (including phenoxy) is 1. The molecule has 0 aromatic heterocycles. The lowest BCUT2D eigenvalue weighted by Crippen LogP contribution is -2.50. The minimum absolute atomic E-state index is 0.0608. The molecule has 0 bridgehead atoms. The van der Waals surface area contributed by atoms with Crippen molar-refractivity contribution in [1.82, 2.24) is 0 Å².